The van der Waals surface area contributed by atoms with Gasteiger partial charge in [-0.25, -0.2) is 4.79 Å². The zero-order chi connectivity index (χ0) is 14.3. The van der Waals surface area contributed by atoms with E-state index in [-0.39, 0.29) is 5.57 Å². The molecule has 0 aromatic heterocycles. The van der Waals surface area contributed by atoms with Gasteiger partial charge in [-0.1, -0.05) is 31.2 Å². The molecule has 1 saturated heterocycles. The standard InChI is InChI=1S/C15H14N2O3/c1-8-6-11(8)10-4-2-9(3-5-10)7-12-13(18)16-15(20)17-14(12)19/h2-5,7-8,11H,6H2,1H3,(H2,16,17,18,19,20)/t8?,11-/m0/s1. The summed E-state index contributed by atoms with van der Waals surface area (Å²) in [6.45, 7) is 2.22. The van der Waals surface area contributed by atoms with Crippen LogP contribution in [-0.4, -0.2) is 17.8 Å². The number of hydrogen-bond acceptors (Lipinski definition) is 3. The average Bonchev–Trinajstić information content (AvgIpc) is 3.12. The number of carbonyl (C=O) groups is 3. The highest BCUT2D eigenvalue weighted by molar-refractivity contribution is 6.31. The maximum atomic E-state index is 11.6. The third-order valence-electron chi connectivity index (χ3n) is 3.73. The van der Waals surface area contributed by atoms with E-state index in [4.69, 9.17) is 0 Å². The Bertz CT molecular complexity index is 609. The first-order valence-corrected chi connectivity index (χ1v) is 6.53. The predicted octanol–water partition coefficient (Wildman–Crippen LogP) is 1.56. The summed E-state index contributed by atoms with van der Waals surface area (Å²) < 4.78 is 0. The summed E-state index contributed by atoms with van der Waals surface area (Å²) in [6, 6.07) is 7.01. The predicted molar refractivity (Wildman–Crippen MR) is 72.6 cm³/mol. The van der Waals surface area contributed by atoms with Crippen molar-refractivity contribution in [2.45, 2.75) is 19.3 Å². The van der Waals surface area contributed by atoms with Crippen molar-refractivity contribution in [1.29, 1.82) is 0 Å². The van der Waals surface area contributed by atoms with Gasteiger partial charge >= 0.3 is 6.03 Å². The van der Waals surface area contributed by atoms with E-state index in [0.717, 1.165) is 11.5 Å². The highest BCUT2D eigenvalue weighted by Gasteiger charge is 2.33. The SMILES string of the molecule is CC1C[C@@H]1c1ccc(C=C2C(=O)NC(=O)NC2=O)cc1. The van der Waals surface area contributed by atoms with Crippen molar-refractivity contribution in [3.8, 4) is 0 Å². The van der Waals surface area contributed by atoms with Gasteiger partial charge in [0.05, 0.1) is 0 Å². The number of hydrogen-bond donors (Lipinski definition) is 2. The molecule has 1 heterocycles. The molecule has 1 unspecified atom stereocenters. The Morgan fingerprint density at radius 1 is 1.05 bits per heavy atom. The Hall–Kier alpha value is -2.43. The molecule has 5 nitrogen and oxygen atoms in total. The van der Waals surface area contributed by atoms with Crippen molar-refractivity contribution in [2.75, 3.05) is 0 Å². The minimum atomic E-state index is -0.782. The van der Waals surface area contributed by atoms with Gasteiger partial charge in [-0.05, 0) is 35.5 Å². The minimum absolute atomic E-state index is 0.0582. The average molecular weight is 270 g/mol. The molecular formula is C15H14N2O3. The van der Waals surface area contributed by atoms with Crippen LogP contribution in [0.1, 0.15) is 30.4 Å². The molecule has 1 aliphatic heterocycles. The molecule has 1 aromatic rings. The number of benzene rings is 1. The Balaban J connectivity index is 1.82. The molecule has 3 rings (SSSR count). The Morgan fingerprint density at radius 2 is 1.60 bits per heavy atom. The molecule has 0 spiro atoms. The Kier molecular flexibility index (Phi) is 2.89. The molecule has 0 radical (unpaired) electrons. The van der Waals surface area contributed by atoms with Crippen molar-refractivity contribution in [3.05, 3.63) is 41.0 Å². The van der Waals surface area contributed by atoms with Crippen LogP contribution in [0.3, 0.4) is 0 Å². The van der Waals surface area contributed by atoms with E-state index in [1.807, 2.05) is 34.9 Å². The van der Waals surface area contributed by atoms with E-state index in [1.165, 1.54) is 18.1 Å². The van der Waals surface area contributed by atoms with Gasteiger partial charge in [-0.15, -0.1) is 0 Å². The lowest BCUT2D eigenvalue weighted by Crippen LogP contribution is -2.51. The lowest BCUT2D eigenvalue weighted by atomic mass is 10.0. The third-order valence-corrected chi connectivity index (χ3v) is 3.73. The van der Waals surface area contributed by atoms with Crippen molar-refractivity contribution in [3.63, 3.8) is 0 Å². The molecule has 20 heavy (non-hydrogen) atoms. The summed E-state index contributed by atoms with van der Waals surface area (Å²) in [5.41, 5.74) is 1.99. The highest BCUT2D eigenvalue weighted by Crippen LogP contribution is 2.46. The van der Waals surface area contributed by atoms with Crippen LogP contribution in [0.2, 0.25) is 0 Å². The van der Waals surface area contributed by atoms with Crippen molar-refractivity contribution in [1.82, 2.24) is 10.6 Å². The van der Waals surface area contributed by atoms with Gasteiger partial charge in [-0.3, -0.25) is 20.2 Å². The smallest absolute Gasteiger partial charge is 0.273 e. The third kappa shape index (κ3) is 2.34. The molecule has 4 amide bonds. The van der Waals surface area contributed by atoms with E-state index in [9.17, 15) is 14.4 Å². The number of nitrogens with one attached hydrogen (secondary N) is 2. The quantitative estimate of drug-likeness (QED) is 0.632. The number of rotatable bonds is 2. The summed E-state index contributed by atoms with van der Waals surface area (Å²) in [5, 5.41) is 4.09. The van der Waals surface area contributed by atoms with Gasteiger partial charge in [0.2, 0.25) is 0 Å². The molecule has 1 aliphatic carbocycles. The van der Waals surface area contributed by atoms with Crippen molar-refractivity contribution < 1.29 is 14.4 Å². The van der Waals surface area contributed by atoms with Crippen LogP contribution in [0, 0.1) is 5.92 Å². The number of urea groups is 1. The molecule has 2 N–H and O–H groups in total. The van der Waals surface area contributed by atoms with E-state index in [1.54, 1.807) is 0 Å². The number of barbiturate groups is 1. The molecule has 102 valence electrons. The lowest BCUT2D eigenvalue weighted by molar-refractivity contribution is -0.123. The fourth-order valence-corrected chi connectivity index (χ4v) is 2.40. The largest absolute Gasteiger partial charge is 0.328 e. The van der Waals surface area contributed by atoms with Crippen LogP contribution in [0.4, 0.5) is 4.79 Å². The second-order valence-corrected chi connectivity index (χ2v) is 5.28. The van der Waals surface area contributed by atoms with Crippen LogP contribution in [0.5, 0.6) is 0 Å². The molecule has 2 atom stereocenters. The van der Waals surface area contributed by atoms with E-state index >= 15 is 0 Å². The molecule has 1 aromatic carbocycles. The van der Waals surface area contributed by atoms with E-state index in [0.29, 0.717) is 5.92 Å². The summed E-state index contributed by atoms with van der Waals surface area (Å²) in [4.78, 5) is 34.1. The summed E-state index contributed by atoms with van der Waals surface area (Å²) in [5.74, 6) is 0.0352. The maximum absolute atomic E-state index is 11.6. The number of imide groups is 2. The molecule has 2 fully saturated rings. The van der Waals surface area contributed by atoms with Gasteiger partial charge in [-0.2, -0.15) is 0 Å². The lowest BCUT2D eigenvalue weighted by Gasteiger charge is -2.13. The number of amides is 4. The Labute approximate surface area is 116 Å². The Morgan fingerprint density at radius 3 is 2.10 bits per heavy atom. The topological polar surface area (TPSA) is 75.3 Å². The summed E-state index contributed by atoms with van der Waals surface area (Å²) >= 11 is 0. The fourth-order valence-electron chi connectivity index (χ4n) is 2.40. The second kappa shape index (κ2) is 4.59. The van der Waals surface area contributed by atoms with Gasteiger partial charge in [0, 0.05) is 0 Å². The zero-order valence-electron chi connectivity index (χ0n) is 11.0. The van der Waals surface area contributed by atoms with E-state index < -0.39 is 17.8 Å². The van der Waals surface area contributed by atoms with E-state index in [2.05, 4.69) is 6.92 Å². The normalized spacial score (nSPS) is 25.1. The summed E-state index contributed by atoms with van der Waals surface area (Å²) in [7, 11) is 0. The second-order valence-electron chi connectivity index (χ2n) is 5.28. The molecule has 0 bridgehead atoms. The minimum Gasteiger partial charge on any atom is -0.273 e. The first kappa shape index (κ1) is 12.6. The molecule has 5 heteroatoms. The molecular weight excluding hydrogens is 256 g/mol. The highest BCUT2D eigenvalue weighted by atomic mass is 16.2. The van der Waals surface area contributed by atoms with Crippen LogP contribution < -0.4 is 10.6 Å². The van der Waals surface area contributed by atoms with Crippen LogP contribution >= 0.6 is 0 Å². The van der Waals surface area contributed by atoms with Crippen molar-refractivity contribution in [2.24, 2.45) is 5.92 Å². The van der Waals surface area contributed by atoms with Gasteiger partial charge in [0.25, 0.3) is 11.8 Å². The monoisotopic (exact) mass is 270 g/mol. The van der Waals surface area contributed by atoms with Crippen LogP contribution in [0.25, 0.3) is 6.08 Å². The molecule has 2 aliphatic rings. The maximum Gasteiger partial charge on any atom is 0.328 e. The first-order chi connectivity index (χ1) is 9.54. The first-order valence-electron chi connectivity index (χ1n) is 6.53. The molecule has 1 saturated carbocycles. The van der Waals surface area contributed by atoms with Crippen LogP contribution in [-0.2, 0) is 9.59 Å². The zero-order valence-corrected chi connectivity index (χ0v) is 11.0. The number of carbonyl (C=O) groups excluding carboxylic acids is 3. The van der Waals surface area contributed by atoms with Gasteiger partial charge in [0.15, 0.2) is 0 Å². The summed E-state index contributed by atoms with van der Waals surface area (Å²) in [6.07, 6.45) is 2.70. The van der Waals surface area contributed by atoms with Gasteiger partial charge in [0.1, 0.15) is 5.57 Å². The van der Waals surface area contributed by atoms with Crippen molar-refractivity contribution >= 4 is 23.9 Å². The van der Waals surface area contributed by atoms with Crippen LogP contribution in [0.15, 0.2) is 29.8 Å². The fraction of sp³-hybridized carbons (Fsp3) is 0.267. The van der Waals surface area contributed by atoms with Gasteiger partial charge < -0.3 is 0 Å².